The molecule has 1 heterocycles. The topological polar surface area (TPSA) is 57.7 Å². The summed E-state index contributed by atoms with van der Waals surface area (Å²) < 4.78 is 27.2. The molecule has 3 aromatic rings. The highest BCUT2D eigenvalue weighted by Gasteiger charge is 2.39. The predicted octanol–water partition coefficient (Wildman–Crippen LogP) is 4.94. The van der Waals surface area contributed by atoms with E-state index in [9.17, 15) is 13.2 Å². The molecule has 2 unspecified atom stereocenters. The Balaban J connectivity index is 1.81. The summed E-state index contributed by atoms with van der Waals surface area (Å²) in [6.07, 6.45) is 1.73. The molecule has 0 radical (unpaired) electrons. The summed E-state index contributed by atoms with van der Waals surface area (Å²) in [6, 6.07) is 23.7. The number of benzene rings is 3. The minimum Gasteiger partial charge on any atom is -0.305 e. The van der Waals surface area contributed by atoms with Crippen molar-refractivity contribution in [1.82, 2.24) is 0 Å². The first-order valence-corrected chi connectivity index (χ1v) is 12.2. The Bertz CT molecular complexity index is 1190. The van der Waals surface area contributed by atoms with E-state index in [1.807, 2.05) is 80.6 Å². The highest BCUT2D eigenvalue weighted by molar-refractivity contribution is 7.92. The number of hydrogen-bond donors (Lipinski definition) is 0. The van der Waals surface area contributed by atoms with Crippen LogP contribution in [-0.2, 0) is 10.0 Å². The van der Waals surface area contributed by atoms with E-state index in [-0.39, 0.29) is 11.9 Å². The van der Waals surface area contributed by atoms with Gasteiger partial charge in [-0.25, -0.2) is 8.42 Å². The molecule has 0 bridgehead atoms. The summed E-state index contributed by atoms with van der Waals surface area (Å²) >= 11 is 0. The van der Waals surface area contributed by atoms with E-state index in [0.29, 0.717) is 17.7 Å². The van der Waals surface area contributed by atoms with Crippen LogP contribution in [0.5, 0.6) is 0 Å². The van der Waals surface area contributed by atoms with E-state index < -0.39 is 16.1 Å². The number of carbonyl (C=O) groups excluding carboxylic acids is 1. The molecule has 5 nitrogen and oxygen atoms in total. The molecule has 0 spiro atoms. The first kappa shape index (κ1) is 21.1. The van der Waals surface area contributed by atoms with Gasteiger partial charge in [0.1, 0.15) is 0 Å². The summed E-state index contributed by atoms with van der Waals surface area (Å²) in [5.41, 5.74) is 3.91. The van der Waals surface area contributed by atoms with Gasteiger partial charge in [0.15, 0.2) is 0 Å². The van der Waals surface area contributed by atoms with Crippen LogP contribution >= 0.6 is 0 Å². The molecule has 0 fully saturated rings. The lowest BCUT2D eigenvalue weighted by Gasteiger charge is -2.43. The predicted molar refractivity (Wildman–Crippen MR) is 125 cm³/mol. The Morgan fingerprint density at radius 2 is 1.55 bits per heavy atom. The standard InChI is InChI=1S/C25H26N2O3S/c1-18-13-15-20(16-14-18)25(28)26-19(2)17-24(22-11-7-8-12-23(22)26)27(31(3,29)30)21-9-5-4-6-10-21/h4-16,19,24H,17H2,1-3H3. The normalized spacial score (nSPS) is 18.4. The van der Waals surface area contributed by atoms with E-state index >= 15 is 0 Å². The van der Waals surface area contributed by atoms with Crippen LogP contribution in [0.15, 0.2) is 78.9 Å². The molecule has 1 aliphatic heterocycles. The molecular formula is C25H26N2O3S. The Hall–Kier alpha value is -3.12. The fourth-order valence-corrected chi connectivity index (χ4v) is 5.49. The largest absolute Gasteiger partial charge is 0.305 e. The quantitative estimate of drug-likeness (QED) is 0.584. The van der Waals surface area contributed by atoms with Crippen molar-refractivity contribution >= 4 is 27.3 Å². The van der Waals surface area contributed by atoms with Crippen LogP contribution in [0.2, 0.25) is 0 Å². The summed E-state index contributed by atoms with van der Waals surface area (Å²) in [6.45, 7) is 3.96. The van der Waals surface area contributed by atoms with Gasteiger partial charge >= 0.3 is 0 Å². The number of sulfonamides is 1. The molecule has 6 heteroatoms. The second kappa shape index (κ2) is 8.19. The van der Waals surface area contributed by atoms with Crippen LogP contribution in [0.3, 0.4) is 0 Å². The smallest absolute Gasteiger partial charge is 0.258 e. The summed E-state index contributed by atoms with van der Waals surface area (Å²) in [4.78, 5) is 15.2. The molecule has 0 aliphatic carbocycles. The van der Waals surface area contributed by atoms with Gasteiger partial charge in [-0.3, -0.25) is 9.10 Å². The monoisotopic (exact) mass is 434 g/mol. The summed E-state index contributed by atoms with van der Waals surface area (Å²) in [5.74, 6) is -0.0796. The fraction of sp³-hybridized carbons (Fsp3) is 0.240. The van der Waals surface area contributed by atoms with Crippen LogP contribution in [-0.4, -0.2) is 26.6 Å². The van der Waals surface area contributed by atoms with Crippen molar-refractivity contribution in [3.8, 4) is 0 Å². The van der Waals surface area contributed by atoms with Crippen molar-refractivity contribution in [2.45, 2.75) is 32.4 Å². The van der Waals surface area contributed by atoms with Gasteiger partial charge in [0, 0.05) is 17.3 Å². The molecule has 31 heavy (non-hydrogen) atoms. The maximum Gasteiger partial charge on any atom is 0.258 e. The fourth-order valence-electron chi connectivity index (χ4n) is 4.33. The zero-order chi connectivity index (χ0) is 22.2. The number of rotatable bonds is 4. The molecule has 0 saturated heterocycles. The molecule has 1 aliphatic rings. The van der Waals surface area contributed by atoms with E-state index in [2.05, 4.69) is 0 Å². The zero-order valence-electron chi connectivity index (χ0n) is 17.9. The van der Waals surface area contributed by atoms with Crippen LogP contribution in [0.1, 0.15) is 40.9 Å². The maximum atomic E-state index is 13.4. The van der Waals surface area contributed by atoms with Crippen LogP contribution in [0.4, 0.5) is 11.4 Å². The van der Waals surface area contributed by atoms with Gasteiger partial charge in [-0.2, -0.15) is 0 Å². The number of para-hydroxylation sites is 2. The minimum atomic E-state index is -3.55. The third kappa shape index (κ3) is 4.08. The molecule has 0 saturated carbocycles. The highest BCUT2D eigenvalue weighted by atomic mass is 32.2. The first-order valence-electron chi connectivity index (χ1n) is 10.3. The highest BCUT2D eigenvalue weighted by Crippen LogP contribution is 2.43. The van der Waals surface area contributed by atoms with E-state index in [1.165, 1.54) is 10.6 Å². The maximum absolute atomic E-state index is 13.4. The van der Waals surface area contributed by atoms with Crippen molar-refractivity contribution in [1.29, 1.82) is 0 Å². The number of anilines is 2. The number of hydrogen-bond acceptors (Lipinski definition) is 3. The van der Waals surface area contributed by atoms with Gasteiger partial charge in [0.25, 0.3) is 5.91 Å². The number of amides is 1. The summed E-state index contributed by atoms with van der Waals surface area (Å²) in [5, 5.41) is 0. The summed E-state index contributed by atoms with van der Waals surface area (Å²) in [7, 11) is -3.55. The second-order valence-corrected chi connectivity index (χ2v) is 9.95. The molecule has 2 atom stereocenters. The van der Waals surface area contributed by atoms with Crippen LogP contribution in [0.25, 0.3) is 0 Å². The average Bonchev–Trinajstić information content (AvgIpc) is 2.74. The number of fused-ring (bicyclic) bond motifs is 1. The van der Waals surface area contributed by atoms with Crippen molar-refractivity contribution in [2.75, 3.05) is 15.5 Å². The number of carbonyl (C=O) groups is 1. The van der Waals surface area contributed by atoms with Crippen molar-refractivity contribution in [2.24, 2.45) is 0 Å². The Morgan fingerprint density at radius 3 is 2.19 bits per heavy atom. The van der Waals surface area contributed by atoms with Gasteiger partial charge in [-0.1, -0.05) is 54.1 Å². The molecule has 3 aromatic carbocycles. The van der Waals surface area contributed by atoms with Crippen LogP contribution in [0, 0.1) is 6.92 Å². The molecular weight excluding hydrogens is 408 g/mol. The lowest BCUT2D eigenvalue weighted by atomic mass is 9.90. The van der Waals surface area contributed by atoms with Crippen LogP contribution < -0.4 is 9.21 Å². The SMILES string of the molecule is Cc1ccc(C(=O)N2c3ccccc3C(N(c3ccccc3)S(C)(=O)=O)CC2C)cc1. The van der Waals surface area contributed by atoms with Gasteiger partial charge in [-0.05, 0) is 56.2 Å². The average molecular weight is 435 g/mol. The molecule has 1 amide bonds. The lowest BCUT2D eigenvalue weighted by Crippen LogP contribution is -2.47. The first-order chi connectivity index (χ1) is 14.8. The second-order valence-electron chi connectivity index (χ2n) is 8.09. The molecule has 160 valence electrons. The van der Waals surface area contributed by atoms with E-state index in [1.54, 1.807) is 17.0 Å². The third-order valence-corrected chi connectivity index (χ3v) is 6.91. The number of nitrogens with zero attached hydrogens (tertiary/aromatic N) is 2. The Morgan fingerprint density at radius 1 is 0.935 bits per heavy atom. The van der Waals surface area contributed by atoms with E-state index in [4.69, 9.17) is 0 Å². The molecule has 4 rings (SSSR count). The van der Waals surface area contributed by atoms with Crippen molar-refractivity contribution in [3.63, 3.8) is 0 Å². The molecule has 0 N–H and O–H groups in total. The van der Waals surface area contributed by atoms with Gasteiger partial charge in [-0.15, -0.1) is 0 Å². The Labute approximate surface area is 184 Å². The Kier molecular flexibility index (Phi) is 5.58. The zero-order valence-corrected chi connectivity index (χ0v) is 18.7. The van der Waals surface area contributed by atoms with Crippen molar-refractivity contribution < 1.29 is 13.2 Å². The molecule has 0 aromatic heterocycles. The van der Waals surface area contributed by atoms with Crippen molar-refractivity contribution in [3.05, 3.63) is 95.6 Å². The van der Waals surface area contributed by atoms with Gasteiger partial charge < -0.3 is 4.90 Å². The van der Waals surface area contributed by atoms with Gasteiger partial charge in [0.05, 0.1) is 18.0 Å². The lowest BCUT2D eigenvalue weighted by molar-refractivity contribution is 0.0974. The number of aryl methyl sites for hydroxylation is 1. The minimum absolute atomic E-state index is 0.0796. The van der Waals surface area contributed by atoms with Gasteiger partial charge in [0.2, 0.25) is 10.0 Å². The third-order valence-electron chi connectivity index (χ3n) is 5.73. The van der Waals surface area contributed by atoms with E-state index in [0.717, 1.165) is 16.8 Å².